The van der Waals surface area contributed by atoms with Gasteiger partial charge >= 0.3 is 0 Å². The minimum Gasteiger partial charge on any atom is -0.340 e. The average molecular weight is 381 g/mol. The number of carbonyl (C=O) groups excluding carboxylic acids is 2. The van der Waals surface area contributed by atoms with Gasteiger partial charge in [0.2, 0.25) is 17.8 Å². The van der Waals surface area contributed by atoms with E-state index in [1.165, 1.54) is 0 Å². The summed E-state index contributed by atoms with van der Waals surface area (Å²) in [6, 6.07) is 9.22. The molecular weight excluding hydrogens is 358 g/mol. The summed E-state index contributed by atoms with van der Waals surface area (Å²) in [4.78, 5) is 47.2. The molecule has 0 bridgehead atoms. The monoisotopic (exact) mass is 381 g/mol. The molecule has 3 heterocycles. The first-order valence-corrected chi connectivity index (χ1v) is 9.59. The molecule has 0 aliphatic carbocycles. The van der Waals surface area contributed by atoms with E-state index in [1.807, 2.05) is 11.0 Å². The summed E-state index contributed by atoms with van der Waals surface area (Å²) in [5.41, 5.74) is 0.440. The van der Waals surface area contributed by atoms with E-state index in [9.17, 15) is 14.4 Å². The first-order valence-electron chi connectivity index (χ1n) is 9.59. The van der Waals surface area contributed by atoms with E-state index in [0.717, 1.165) is 25.8 Å². The van der Waals surface area contributed by atoms with E-state index in [0.29, 0.717) is 11.6 Å². The number of para-hydroxylation sites is 1. The Morgan fingerprint density at radius 2 is 2.00 bits per heavy atom. The van der Waals surface area contributed by atoms with Crippen LogP contribution in [-0.4, -0.2) is 34.4 Å². The van der Waals surface area contributed by atoms with Gasteiger partial charge < -0.3 is 15.5 Å². The van der Waals surface area contributed by atoms with Crippen LogP contribution in [0.25, 0.3) is 0 Å². The van der Waals surface area contributed by atoms with Crippen LogP contribution in [0.5, 0.6) is 0 Å². The molecule has 2 aromatic rings. The first-order chi connectivity index (χ1) is 13.5. The fraction of sp³-hybridized carbons (Fsp3) is 0.400. The molecule has 4 rings (SSSR count). The Morgan fingerprint density at radius 1 is 1.21 bits per heavy atom. The molecule has 0 unspecified atom stereocenters. The van der Waals surface area contributed by atoms with Crippen LogP contribution >= 0.6 is 0 Å². The maximum Gasteiger partial charge on any atom is 0.258 e. The van der Waals surface area contributed by atoms with Crippen molar-refractivity contribution >= 4 is 29.3 Å². The SMILES string of the molecule is C[C@H]1CCCCN1c1nc2c(c(=O)[nH]1)[C@H](C(=O)Nc1ccccc1)CC(=O)N2. The summed E-state index contributed by atoms with van der Waals surface area (Å²) < 4.78 is 0. The third-order valence-corrected chi connectivity index (χ3v) is 5.37. The summed E-state index contributed by atoms with van der Waals surface area (Å²) in [7, 11) is 0. The number of aromatic amines is 1. The van der Waals surface area contributed by atoms with Gasteiger partial charge in [-0.15, -0.1) is 0 Å². The van der Waals surface area contributed by atoms with Crippen LogP contribution in [0.1, 0.15) is 44.1 Å². The van der Waals surface area contributed by atoms with Crippen molar-refractivity contribution < 1.29 is 9.59 Å². The van der Waals surface area contributed by atoms with Crippen LogP contribution in [0.4, 0.5) is 17.5 Å². The molecule has 146 valence electrons. The van der Waals surface area contributed by atoms with Crippen LogP contribution in [0.15, 0.2) is 35.1 Å². The number of hydrogen-bond donors (Lipinski definition) is 3. The van der Waals surface area contributed by atoms with Gasteiger partial charge in [0, 0.05) is 24.7 Å². The number of piperidine rings is 1. The van der Waals surface area contributed by atoms with E-state index in [2.05, 4.69) is 27.5 Å². The molecule has 2 atom stereocenters. The highest BCUT2D eigenvalue weighted by molar-refractivity contribution is 6.04. The second kappa shape index (κ2) is 7.46. The van der Waals surface area contributed by atoms with Gasteiger partial charge in [-0.25, -0.2) is 0 Å². The molecule has 1 aromatic heterocycles. The number of aromatic nitrogens is 2. The van der Waals surface area contributed by atoms with E-state index >= 15 is 0 Å². The van der Waals surface area contributed by atoms with Crippen molar-refractivity contribution in [1.29, 1.82) is 0 Å². The minimum absolute atomic E-state index is 0.0874. The molecular formula is C20H23N5O3. The molecule has 1 fully saturated rings. The number of nitrogens with zero attached hydrogens (tertiary/aromatic N) is 2. The van der Waals surface area contributed by atoms with Crippen LogP contribution < -0.4 is 21.1 Å². The molecule has 0 saturated carbocycles. The zero-order valence-corrected chi connectivity index (χ0v) is 15.7. The lowest BCUT2D eigenvalue weighted by Crippen LogP contribution is -2.41. The largest absolute Gasteiger partial charge is 0.340 e. The predicted molar refractivity (Wildman–Crippen MR) is 107 cm³/mol. The fourth-order valence-corrected chi connectivity index (χ4v) is 3.88. The molecule has 2 aliphatic rings. The highest BCUT2D eigenvalue weighted by Gasteiger charge is 2.35. The molecule has 8 heteroatoms. The second-order valence-corrected chi connectivity index (χ2v) is 7.35. The van der Waals surface area contributed by atoms with Gasteiger partial charge in [-0.05, 0) is 38.3 Å². The Labute approximate surface area is 162 Å². The Morgan fingerprint density at radius 3 is 2.75 bits per heavy atom. The number of hydrogen-bond acceptors (Lipinski definition) is 5. The smallest absolute Gasteiger partial charge is 0.258 e. The third kappa shape index (κ3) is 3.49. The maximum atomic E-state index is 12.9. The van der Waals surface area contributed by atoms with E-state index in [-0.39, 0.29) is 35.3 Å². The van der Waals surface area contributed by atoms with Gasteiger partial charge in [0.15, 0.2) is 0 Å². The van der Waals surface area contributed by atoms with E-state index in [1.54, 1.807) is 24.3 Å². The molecule has 2 aliphatic heterocycles. The van der Waals surface area contributed by atoms with Crippen LogP contribution in [0, 0.1) is 0 Å². The number of carbonyl (C=O) groups is 2. The van der Waals surface area contributed by atoms with E-state index < -0.39 is 11.8 Å². The number of H-pyrrole nitrogens is 1. The van der Waals surface area contributed by atoms with Crippen molar-refractivity contribution in [2.75, 3.05) is 22.1 Å². The number of fused-ring (bicyclic) bond motifs is 1. The van der Waals surface area contributed by atoms with Gasteiger partial charge in [-0.2, -0.15) is 4.98 Å². The van der Waals surface area contributed by atoms with Crippen molar-refractivity contribution in [2.24, 2.45) is 0 Å². The number of benzene rings is 1. The molecule has 2 amide bonds. The normalized spacial score (nSPS) is 21.6. The zero-order chi connectivity index (χ0) is 19.7. The highest BCUT2D eigenvalue weighted by atomic mass is 16.2. The van der Waals surface area contributed by atoms with Crippen LogP contribution in [0.3, 0.4) is 0 Å². The van der Waals surface area contributed by atoms with Crippen molar-refractivity contribution in [1.82, 2.24) is 9.97 Å². The summed E-state index contributed by atoms with van der Waals surface area (Å²) in [5.74, 6) is -0.973. The molecule has 28 heavy (non-hydrogen) atoms. The summed E-state index contributed by atoms with van der Waals surface area (Å²) in [6.45, 7) is 2.89. The van der Waals surface area contributed by atoms with Gasteiger partial charge in [-0.3, -0.25) is 19.4 Å². The van der Waals surface area contributed by atoms with E-state index in [4.69, 9.17) is 0 Å². The van der Waals surface area contributed by atoms with Crippen molar-refractivity contribution in [3.05, 3.63) is 46.2 Å². The van der Waals surface area contributed by atoms with Crippen LogP contribution in [0.2, 0.25) is 0 Å². The quantitative estimate of drug-likeness (QED) is 0.756. The third-order valence-electron chi connectivity index (χ3n) is 5.37. The fourth-order valence-electron chi connectivity index (χ4n) is 3.88. The highest BCUT2D eigenvalue weighted by Crippen LogP contribution is 2.31. The molecule has 3 N–H and O–H groups in total. The molecule has 1 aromatic carbocycles. The average Bonchev–Trinajstić information content (AvgIpc) is 2.68. The topological polar surface area (TPSA) is 107 Å². The molecule has 0 spiro atoms. The Bertz CT molecular complexity index is 956. The molecule has 8 nitrogen and oxygen atoms in total. The van der Waals surface area contributed by atoms with Crippen molar-refractivity contribution in [3.8, 4) is 0 Å². The Hall–Kier alpha value is -3.16. The number of rotatable bonds is 3. The lowest BCUT2D eigenvalue weighted by Gasteiger charge is -2.34. The lowest BCUT2D eigenvalue weighted by molar-refractivity contribution is -0.123. The predicted octanol–water partition coefficient (Wildman–Crippen LogP) is 2.21. The molecule has 1 saturated heterocycles. The number of nitrogens with one attached hydrogen (secondary N) is 3. The van der Waals surface area contributed by atoms with Gasteiger partial charge in [-0.1, -0.05) is 18.2 Å². The van der Waals surface area contributed by atoms with Gasteiger partial charge in [0.25, 0.3) is 5.56 Å². The summed E-state index contributed by atoms with van der Waals surface area (Å²) >= 11 is 0. The standard InChI is InChI=1S/C20H23N5O3/c1-12-7-5-6-10-25(12)20-23-17-16(19(28)24-20)14(11-15(26)22-17)18(27)21-13-8-3-2-4-9-13/h2-4,8-9,12,14H,5-7,10-11H2,1H3,(H,21,27)(H2,22,23,24,26,28)/t12-,14+/m0/s1. The van der Waals surface area contributed by atoms with Gasteiger partial charge in [0.05, 0.1) is 11.5 Å². The van der Waals surface area contributed by atoms with Crippen molar-refractivity contribution in [2.45, 2.75) is 44.6 Å². The van der Waals surface area contributed by atoms with Crippen LogP contribution in [-0.2, 0) is 9.59 Å². The zero-order valence-electron chi connectivity index (χ0n) is 15.7. The maximum absolute atomic E-state index is 12.9. The van der Waals surface area contributed by atoms with Gasteiger partial charge in [0.1, 0.15) is 5.82 Å². The second-order valence-electron chi connectivity index (χ2n) is 7.35. The summed E-state index contributed by atoms with van der Waals surface area (Å²) in [5, 5.41) is 5.44. The molecule has 0 radical (unpaired) electrons. The Kier molecular flexibility index (Phi) is 4.85. The number of anilines is 3. The minimum atomic E-state index is -0.881. The summed E-state index contributed by atoms with van der Waals surface area (Å²) in [6.07, 6.45) is 3.11. The van der Waals surface area contributed by atoms with Crippen molar-refractivity contribution in [3.63, 3.8) is 0 Å². The number of amides is 2. The lowest BCUT2D eigenvalue weighted by atomic mass is 9.92. The Balaban J connectivity index is 1.67. The first kappa shape index (κ1) is 18.2.